The molecule has 2 atom stereocenters. The van der Waals surface area contributed by atoms with Crippen molar-refractivity contribution in [3.8, 4) is 6.07 Å². The molecule has 14 heavy (non-hydrogen) atoms. The topological polar surface area (TPSA) is 54.0 Å². The quantitative estimate of drug-likeness (QED) is 0.680. The van der Waals surface area contributed by atoms with Crippen LogP contribution in [0.1, 0.15) is 30.9 Å². The van der Waals surface area contributed by atoms with Gasteiger partial charge >= 0.3 is 0 Å². The predicted octanol–water partition coefficient (Wildman–Crippen LogP) is 2.26. The van der Waals surface area contributed by atoms with Gasteiger partial charge in [0, 0.05) is 18.8 Å². The van der Waals surface area contributed by atoms with E-state index in [0.717, 1.165) is 5.76 Å². The second kappa shape index (κ2) is 3.67. The molecule has 0 bridgehead atoms. The van der Waals surface area contributed by atoms with Gasteiger partial charge in [-0.2, -0.15) is 5.26 Å². The molecule has 0 saturated heterocycles. The zero-order chi connectivity index (χ0) is 9.97. The number of hydrogen-bond donors (Lipinski definition) is 0. The molecule has 1 aliphatic rings. The lowest BCUT2D eigenvalue weighted by Gasteiger charge is -2.23. The van der Waals surface area contributed by atoms with Crippen LogP contribution < -0.4 is 0 Å². The van der Waals surface area contributed by atoms with E-state index in [0.29, 0.717) is 19.3 Å². The highest BCUT2D eigenvalue weighted by atomic mass is 16.3. The molecule has 0 unspecified atom stereocenters. The first-order valence-corrected chi connectivity index (χ1v) is 4.76. The minimum atomic E-state index is -0.0705. The van der Waals surface area contributed by atoms with E-state index in [1.54, 1.807) is 12.3 Å². The summed E-state index contributed by atoms with van der Waals surface area (Å²) in [5.74, 6) is 0.901. The number of rotatable bonds is 1. The largest absolute Gasteiger partial charge is 0.469 e. The summed E-state index contributed by atoms with van der Waals surface area (Å²) in [6, 6.07) is 5.89. The molecule has 1 aliphatic carbocycles. The van der Waals surface area contributed by atoms with Gasteiger partial charge in [0.1, 0.15) is 11.5 Å². The van der Waals surface area contributed by atoms with Gasteiger partial charge < -0.3 is 4.42 Å². The van der Waals surface area contributed by atoms with Crippen LogP contribution in [-0.4, -0.2) is 5.78 Å². The van der Waals surface area contributed by atoms with E-state index in [1.807, 2.05) is 6.07 Å². The summed E-state index contributed by atoms with van der Waals surface area (Å²) in [7, 11) is 0. The fourth-order valence-corrected chi connectivity index (χ4v) is 1.96. The number of nitrogens with zero attached hydrogens (tertiary/aromatic N) is 1. The molecule has 0 amide bonds. The summed E-state index contributed by atoms with van der Waals surface area (Å²) in [5.41, 5.74) is 0. The van der Waals surface area contributed by atoms with Gasteiger partial charge in [0.25, 0.3) is 0 Å². The summed E-state index contributed by atoms with van der Waals surface area (Å²) in [6.45, 7) is 0. The maximum absolute atomic E-state index is 11.3. The first-order chi connectivity index (χ1) is 6.81. The Morgan fingerprint density at radius 2 is 2.43 bits per heavy atom. The number of Topliss-reactive ketones (excluding diaryl/α,β-unsaturated/α-hetero) is 1. The van der Waals surface area contributed by atoms with Crippen molar-refractivity contribution in [1.82, 2.24) is 0 Å². The summed E-state index contributed by atoms with van der Waals surface area (Å²) in [6.07, 6.45) is 3.24. The average Bonchev–Trinajstić information content (AvgIpc) is 2.70. The molecule has 0 aromatic carbocycles. The van der Waals surface area contributed by atoms with E-state index >= 15 is 0 Å². The number of nitriles is 1. The number of furan rings is 1. The molecule has 0 spiro atoms. The lowest BCUT2D eigenvalue weighted by Crippen LogP contribution is -2.21. The Kier molecular flexibility index (Phi) is 2.36. The molecule has 1 aromatic rings. The second-order valence-electron chi connectivity index (χ2n) is 3.64. The molecular weight excluding hydrogens is 178 g/mol. The average molecular weight is 189 g/mol. The highest BCUT2D eigenvalue weighted by Crippen LogP contribution is 2.35. The molecule has 72 valence electrons. The Bertz CT molecular complexity index is 361. The number of carbonyl (C=O) groups excluding carboxylic acids is 1. The predicted molar refractivity (Wildman–Crippen MR) is 49.4 cm³/mol. The maximum atomic E-state index is 11.3. The molecule has 1 fully saturated rings. The Balaban J connectivity index is 2.22. The molecule has 2 rings (SSSR count). The highest BCUT2D eigenvalue weighted by Gasteiger charge is 2.32. The van der Waals surface area contributed by atoms with Gasteiger partial charge in [-0.3, -0.25) is 4.79 Å². The van der Waals surface area contributed by atoms with Crippen LogP contribution >= 0.6 is 0 Å². The summed E-state index contributed by atoms with van der Waals surface area (Å²) >= 11 is 0. The van der Waals surface area contributed by atoms with Crippen LogP contribution in [0.5, 0.6) is 0 Å². The van der Waals surface area contributed by atoms with Crippen molar-refractivity contribution < 1.29 is 9.21 Å². The third-order valence-corrected chi connectivity index (χ3v) is 2.74. The molecule has 1 heterocycles. The van der Waals surface area contributed by atoms with E-state index in [2.05, 4.69) is 6.07 Å². The molecule has 1 saturated carbocycles. The zero-order valence-corrected chi connectivity index (χ0v) is 7.77. The fourth-order valence-electron chi connectivity index (χ4n) is 1.96. The molecule has 3 nitrogen and oxygen atoms in total. The lowest BCUT2D eigenvalue weighted by molar-refractivity contribution is -0.121. The molecule has 1 aromatic heterocycles. The van der Waals surface area contributed by atoms with Crippen LogP contribution in [-0.2, 0) is 4.79 Å². The number of hydrogen-bond acceptors (Lipinski definition) is 3. The van der Waals surface area contributed by atoms with Crippen LogP contribution in [0.3, 0.4) is 0 Å². The fraction of sp³-hybridized carbons (Fsp3) is 0.455. The van der Waals surface area contributed by atoms with Crippen LogP contribution in [0, 0.1) is 17.2 Å². The van der Waals surface area contributed by atoms with E-state index in [4.69, 9.17) is 9.68 Å². The minimum absolute atomic E-state index is 0.0313. The summed E-state index contributed by atoms with van der Waals surface area (Å²) < 4.78 is 5.25. The molecule has 3 heteroatoms. The third kappa shape index (κ3) is 1.56. The Morgan fingerprint density at radius 1 is 1.57 bits per heavy atom. The molecule has 0 radical (unpaired) electrons. The number of ketones is 1. The Morgan fingerprint density at radius 3 is 3.07 bits per heavy atom. The van der Waals surface area contributed by atoms with Gasteiger partial charge in [0.15, 0.2) is 0 Å². The van der Waals surface area contributed by atoms with Crippen molar-refractivity contribution in [1.29, 1.82) is 5.26 Å². The Labute approximate surface area is 82.3 Å². The SMILES string of the molecule is N#C[C@H]1CCC(=O)C[C@H]1c1ccco1. The van der Waals surface area contributed by atoms with Crippen molar-refractivity contribution in [2.45, 2.75) is 25.2 Å². The van der Waals surface area contributed by atoms with E-state index in [9.17, 15) is 4.79 Å². The van der Waals surface area contributed by atoms with Crippen molar-refractivity contribution >= 4 is 5.78 Å². The highest BCUT2D eigenvalue weighted by molar-refractivity contribution is 5.80. The molecule has 0 N–H and O–H groups in total. The van der Waals surface area contributed by atoms with Crippen molar-refractivity contribution in [3.63, 3.8) is 0 Å². The number of carbonyl (C=O) groups is 1. The van der Waals surface area contributed by atoms with Gasteiger partial charge in [-0.15, -0.1) is 0 Å². The van der Waals surface area contributed by atoms with Gasteiger partial charge in [-0.1, -0.05) is 0 Å². The maximum Gasteiger partial charge on any atom is 0.133 e. The summed E-state index contributed by atoms with van der Waals surface area (Å²) in [5, 5.41) is 8.94. The van der Waals surface area contributed by atoms with Gasteiger partial charge in [0.2, 0.25) is 0 Å². The first kappa shape index (κ1) is 9.01. The zero-order valence-electron chi connectivity index (χ0n) is 7.77. The first-order valence-electron chi connectivity index (χ1n) is 4.76. The Hall–Kier alpha value is -1.56. The third-order valence-electron chi connectivity index (χ3n) is 2.74. The van der Waals surface area contributed by atoms with Crippen molar-refractivity contribution in [2.24, 2.45) is 5.92 Å². The lowest BCUT2D eigenvalue weighted by atomic mass is 9.78. The standard InChI is InChI=1S/C11H11NO2/c12-7-8-3-4-9(13)6-10(8)11-2-1-5-14-11/h1-2,5,8,10H,3-4,6H2/t8-,10-/m1/s1. The molecule has 0 aliphatic heterocycles. The van der Waals surface area contributed by atoms with E-state index in [1.165, 1.54) is 0 Å². The van der Waals surface area contributed by atoms with Crippen molar-refractivity contribution in [3.05, 3.63) is 24.2 Å². The monoisotopic (exact) mass is 189 g/mol. The smallest absolute Gasteiger partial charge is 0.133 e. The minimum Gasteiger partial charge on any atom is -0.469 e. The van der Waals surface area contributed by atoms with Crippen LogP contribution in [0.15, 0.2) is 22.8 Å². The van der Waals surface area contributed by atoms with Crippen LogP contribution in [0.4, 0.5) is 0 Å². The normalized spacial score (nSPS) is 27.2. The van der Waals surface area contributed by atoms with Gasteiger partial charge in [-0.25, -0.2) is 0 Å². The van der Waals surface area contributed by atoms with Crippen LogP contribution in [0.25, 0.3) is 0 Å². The van der Waals surface area contributed by atoms with Gasteiger partial charge in [0.05, 0.1) is 18.3 Å². The van der Waals surface area contributed by atoms with Crippen molar-refractivity contribution in [2.75, 3.05) is 0 Å². The van der Waals surface area contributed by atoms with Crippen LogP contribution in [0.2, 0.25) is 0 Å². The molecular formula is C11H11NO2. The van der Waals surface area contributed by atoms with Gasteiger partial charge in [-0.05, 0) is 18.6 Å². The summed E-state index contributed by atoms with van der Waals surface area (Å²) in [4.78, 5) is 11.3. The second-order valence-corrected chi connectivity index (χ2v) is 3.64. The van der Waals surface area contributed by atoms with E-state index < -0.39 is 0 Å². The van der Waals surface area contributed by atoms with E-state index in [-0.39, 0.29) is 17.6 Å².